The minimum atomic E-state index is -3.75. The van der Waals surface area contributed by atoms with Crippen molar-refractivity contribution in [2.45, 2.75) is 24.8 Å². The fourth-order valence-electron chi connectivity index (χ4n) is 3.63. The molecule has 0 atom stereocenters. The molecule has 1 aliphatic heterocycles. The molecule has 0 aliphatic carbocycles. The summed E-state index contributed by atoms with van der Waals surface area (Å²) in [6.07, 6.45) is 1.58. The van der Waals surface area contributed by atoms with Gasteiger partial charge in [0.15, 0.2) is 5.78 Å². The van der Waals surface area contributed by atoms with Gasteiger partial charge < -0.3 is 4.90 Å². The molecule has 168 valence electrons. The van der Waals surface area contributed by atoms with Crippen molar-refractivity contribution in [3.05, 3.63) is 58.0 Å². The highest BCUT2D eigenvalue weighted by molar-refractivity contribution is 7.89. The van der Waals surface area contributed by atoms with E-state index in [0.29, 0.717) is 15.8 Å². The molecule has 0 spiro atoms. The molecule has 0 bridgehead atoms. The zero-order valence-electron chi connectivity index (χ0n) is 17.4. The van der Waals surface area contributed by atoms with Crippen molar-refractivity contribution < 1.29 is 18.0 Å². The van der Waals surface area contributed by atoms with Gasteiger partial charge in [-0.2, -0.15) is 4.31 Å². The van der Waals surface area contributed by atoms with Crippen molar-refractivity contribution >= 4 is 43.3 Å². The highest BCUT2D eigenvalue weighted by atomic mass is 32.2. The van der Waals surface area contributed by atoms with Crippen LogP contribution in [0, 0.1) is 0 Å². The fourth-order valence-corrected chi connectivity index (χ4v) is 5.82. The number of aryl methyl sites for hydroxylation is 1. The van der Waals surface area contributed by atoms with Crippen LogP contribution in [0.25, 0.3) is 10.2 Å². The van der Waals surface area contributed by atoms with Crippen LogP contribution in [0.3, 0.4) is 0 Å². The number of amides is 1. The quantitative estimate of drug-likeness (QED) is 0.502. The molecule has 3 aromatic rings. The Morgan fingerprint density at radius 1 is 1.12 bits per heavy atom. The van der Waals surface area contributed by atoms with E-state index in [2.05, 4.69) is 4.98 Å². The summed E-state index contributed by atoms with van der Waals surface area (Å²) in [5.74, 6) is -0.345. The fraction of sp³-hybridized carbons (Fsp3) is 0.333. The highest BCUT2D eigenvalue weighted by Gasteiger charge is 2.30. The Kier molecular flexibility index (Phi) is 6.22. The van der Waals surface area contributed by atoms with Gasteiger partial charge in [0.25, 0.3) is 5.56 Å². The maximum absolute atomic E-state index is 12.9. The molecule has 1 aliphatic rings. The molecule has 11 heteroatoms. The Balaban J connectivity index is 1.37. The first-order valence-corrected chi connectivity index (χ1v) is 12.4. The van der Waals surface area contributed by atoms with E-state index in [1.807, 2.05) is 0 Å². The number of Topliss-reactive ketones (excluding diaryl/α,β-unsaturated/α-hetero) is 1. The van der Waals surface area contributed by atoms with E-state index in [1.54, 1.807) is 28.5 Å². The van der Waals surface area contributed by atoms with Crippen molar-refractivity contribution in [1.29, 1.82) is 0 Å². The minimum Gasteiger partial charge on any atom is -0.340 e. The van der Waals surface area contributed by atoms with Crippen LogP contribution in [0.15, 0.2) is 51.7 Å². The van der Waals surface area contributed by atoms with Crippen LogP contribution in [0.1, 0.15) is 23.7 Å². The van der Waals surface area contributed by atoms with E-state index in [9.17, 15) is 22.8 Å². The first-order valence-electron chi connectivity index (χ1n) is 10.1. The molecule has 3 heterocycles. The van der Waals surface area contributed by atoms with Gasteiger partial charge in [-0.3, -0.25) is 19.0 Å². The summed E-state index contributed by atoms with van der Waals surface area (Å²) in [7, 11) is -3.75. The Morgan fingerprint density at radius 3 is 2.59 bits per heavy atom. The van der Waals surface area contributed by atoms with Crippen LogP contribution in [0.2, 0.25) is 0 Å². The molecule has 0 unspecified atom stereocenters. The molecule has 0 saturated carbocycles. The van der Waals surface area contributed by atoms with Gasteiger partial charge in [-0.05, 0) is 30.5 Å². The van der Waals surface area contributed by atoms with Gasteiger partial charge in [-0.1, -0.05) is 12.1 Å². The van der Waals surface area contributed by atoms with Crippen molar-refractivity contribution in [3.63, 3.8) is 0 Å². The molecule has 4 rings (SSSR count). The lowest BCUT2D eigenvalue weighted by Crippen LogP contribution is -2.50. The Morgan fingerprint density at radius 2 is 1.88 bits per heavy atom. The van der Waals surface area contributed by atoms with Gasteiger partial charge in [0, 0.05) is 44.7 Å². The van der Waals surface area contributed by atoms with Crippen molar-refractivity contribution in [2.75, 3.05) is 26.2 Å². The number of carbonyl (C=O) groups excluding carboxylic acids is 2. The van der Waals surface area contributed by atoms with Crippen LogP contribution in [0.5, 0.6) is 0 Å². The average Bonchev–Trinajstić information content (AvgIpc) is 3.28. The number of nitrogens with zero attached hydrogens (tertiary/aromatic N) is 4. The summed E-state index contributed by atoms with van der Waals surface area (Å²) in [5, 5.41) is 2.34. The molecule has 32 heavy (non-hydrogen) atoms. The Bertz CT molecular complexity index is 1340. The number of aromatic nitrogens is 2. The Labute approximate surface area is 189 Å². The number of hydrogen-bond donors (Lipinski definition) is 0. The van der Waals surface area contributed by atoms with Crippen molar-refractivity contribution in [2.24, 2.45) is 0 Å². The molecule has 0 radical (unpaired) electrons. The largest absolute Gasteiger partial charge is 0.340 e. The first kappa shape index (κ1) is 22.3. The predicted molar refractivity (Wildman–Crippen MR) is 120 cm³/mol. The van der Waals surface area contributed by atoms with Crippen molar-refractivity contribution in [1.82, 2.24) is 18.8 Å². The minimum absolute atomic E-state index is 0.0701. The molecule has 2 aromatic heterocycles. The molecule has 1 saturated heterocycles. The van der Waals surface area contributed by atoms with Gasteiger partial charge >= 0.3 is 0 Å². The van der Waals surface area contributed by atoms with Crippen LogP contribution in [0.4, 0.5) is 0 Å². The zero-order valence-corrected chi connectivity index (χ0v) is 19.1. The maximum atomic E-state index is 12.9. The second-order valence-corrected chi connectivity index (χ2v) is 10.3. The lowest BCUT2D eigenvalue weighted by atomic mass is 10.2. The van der Waals surface area contributed by atoms with Crippen LogP contribution < -0.4 is 5.56 Å². The summed E-state index contributed by atoms with van der Waals surface area (Å²) in [4.78, 5) is 43.2. The van der Waals surface area contributed by atoms with Gasteiger partial charge in [-0.25, -0.2) is 13.4 Å². The summed E-state index contributed by atoms with van der Waals surface area (Å²) in [6.45, 7) is 2.47. The molecule has 9 nitrogen and oxygen atoms in total. The number of piperazine rings is 1. The van der Waals surface area contributed by atoms with E-state index < -0.39 is 10.0 Å². The normalized spacial score (nSPS) is 15.2. The number of thiophene rings is 1. The highest BCUT2D eigenvalue weighted by Crippen LogP contribution is 2.19. The van der Waals surface area contributed by atoms with Gasteiger partial charge in [-0.15, -0.1) is 11.3 Å². The molecule has 1 aromatic carbocycles. The van der Waals surface area contributed by atoms with Crippen molar-refractivity contribution in [3.8, 4) is 0 Å². The van der Waals surface area contributed by atoms with Gasteiger partial charge in [0.05, 0.1) is 16.6 Å². The third-order valence-electron chi connectivity index (χ3n) is 5.49. The van der Waals surface area contributed by atoms with Crippen LogP contribution >= 0.6 is 11.3 Å². The van der Waals surface area contributed by atoms with Crippen LogP contribution in [-0.4, -0.2) is 65.0 Å². The molecule has 1 fully saturated rings. The topological polar surface area (TPSA) is 110 Å². The summed E-state index contributed by atoms with van der Waals surface area (Å²) in [5.41, 5.74) is 0.165. The second-order valence-electron chi connectivity index (χ2n) is 7.50. The lowest BCUT2D eigenvalue weighted by molar-refractivity contribution is -0.132. The number of fused-ring (bicyclic) bond motifs is 1. The molecular formula is C21H22N4O5S2. The lowest BCUT2D eigenvalue weighted by Gasteiger charge is -2.34. The predicted octanol–water partition coefficient (Wildman–Crippen LogP) is 1.58. The summed E-state index contributed by atoms with van der Waals surface area (Å²) in [6, 6.07) is 7.70. The standard InChI is InChI=1S/C21H22N4O5S2/c1-15(26)16-3-2-4-17(13-16)32(29,30)25-10-8-23(9-11-25)19(27)5-7-24-14-22-20-18(21(24)28)6-12-31-20/h2-4,6,12-14H,5,7-11H2,1H3. The Hall–Kier alpha value is -2.89. The third kappa shape index (κ3) is 4.36. The smallest absolute Gasteiger partial charge is 0.262 e. The van der Waals surface area contributed by atoms with E-state index in [1.165, 1.54) is 45.6 Å². The van der Waals surface area contributed by atoms with Gasteiger partial charge in [0.2, 0.25) is 15.9 Å². The number of hydrogen-bond acceptors (Lipinski definition) is 7. The van der Waals surface area contributed by atoms with E-state index in [-0.39, 0.29) is 61.3 Å². The van der Waals surface area contributed by atoms with E-state index >= 15 is 0 Å². The molecule has 1 amide bonds. The molecular weight excluding hydrogens is 452 g/mol. The zero-order chi connectivity index (χ0) is 22.9. The second kappa shape index (κ2) is 8.93. The third-order valence-corrected chi connectivity index (χ3v) is 8.20. The van der Waals surface area contributed by atoms with E-state index in [4.69, 9.17) is 0 Å². The number of benzene rings is 1. The van der Waals surface area contributed by atoms with E-state index in [0.717, 1.165) is 0 Å². The first-order chi connectivity index (χ1) is 15.3. The average molecular weight is 475 g/mol. The SMILES string of the molecule is CC(=O)c1cccc(S(=O)(=O)N2CCN(C(=O)CCn3cnc4sccc4c3=O)CC2)c1. The monoisotopic (exact) mass is 474 g/mol. The summed E-state index contributed by atoms with van der Waals surface area (Å²) < 4.78 is 28.6. The number of ketones is 1. The summed E-state index contributed by atoms with van der Waals surface area (Å²) >= 11 is 1.39. The van der Waals surface area contributed by atoms with Gasteiger partial charge in [0.1, 0.15) is 4.83 Å². The number of carbonyl (C=O) groups is 2. The maximum Gasteiger partial charge on any atom is 0.262 e. The molecule has 0 N–H and O–H groups in total. The number of rotatable bonds is 6. The number of sulfonamides is 1. The van der Waals surface area contributed by atoms with Crippen LogP contribution in [-0.2, 0) is 21.4 Å².